The monoisotopic (exact) mass is 461 g/mol. The normalized spacial score (nSPS) is 31.0. The number of carbonyl (C=O) groups excluding carboxylic acids is 1. The van der Waals surface area contributed by atoms with E-state index in [-0.39, 0.29) is 37.6 Å². The fourth-order valence-electron chi connectivity index (χ4n) is 5.28. The van der Waals surface area contributed by atoms with E-state index in [2.05, 4.69) is 16.8 Å². The molecule has 9 heteroatoms. The molecule has 4 aliphatic heterocycles. The maximum Gasteiger partial charge on any atom is 0.231 e. The molecule has 0 saturated carbocycles. The fraction of sp³-hybridized carbons (Fsp3) is 0.708. The van der Waals surface area contributed by atoms with Gasteiger partial charge in [0, 0.05) is 45.3 Å². The highest BCUT2D eigenvalue weighted by atomic mass is 16.7. The summed E-state index contributed by atoms with van der Waals surface area (Å²) >= 11 is 0. The number of hydrogen-bond donors (Lipinski definition) is 1. The van der Waals surface area contributed by atoms with Gasteiger partial charge in [0.2, 0.25) is 12.7 Å². The van der Waals surface area contributed by atoms with Gasteiger partial charge < -0.3 is 33.9 Å². The van der Waals surface area contributed by atoms with Crippen LogP contribution in [-0.4, -0.2) is 110 Å². The maximum atomic E-state index is 12.8. The van der Waals surface area contributed by atoms with E-state index in [0.717, 1.165) is 56.1 Å². The van der Waals surface area contributed by atoms with Gasteiger partial charge in [0.1, 0.15) is 0 Å². The van der Waals surface area contributed by atoms with Crippen molar-refractivity contribution in [2.24, 2.45) is 0 Å². The first-order chi connectivity index (χ1) is 16.0. The van der Waals surface area contributed by atoms with Crippen LogP contribution in [0.4, 0.5) is 0 Å². The second-order valence-corrected chi connectivity index (χ2v) is 9.64. The summed E-state index contributed by atoms with van der Waals surface area (Å²) in [5.74, 6) is 1.72. The highest BCUT2D eigenvalue weighted by Gasteiger charge is 2.38. The van der Waals surface area contributed by atoms with Crippen LogP contribution in [0.25, 0.3) is 0 Å². The van der Waals surface area contributed by atoms with Crippen molar-refractivity contribution in [2.75, 3.05) is 59.8 Å². The Morgan fingerprint density at radius 3 is 2.76 bits per heavy atom. The lowest BCUT2D eigenvalue weighted by atomic mass is 9.94. The van der Waals surface area contributed by atoms with Crippen LogP contribution in [0.5, 0.6) is 11.5 Å². The van der Waals surface area contributed by atoms with Gasteiger partial charge >= 0.3 is 0 Å². The highest BCUT2D eigenvalue weighted by molar-refractivity contribution is 5.76. The number of β-amino-alcohol motifs (C(OH)–C–C–N with tert-alkyl or cyclic N) is 1. The van der Waals surface area contributed by atoms with E-state index in [9.17, 15) is 9.90 Å². The number of likely N-dealkylation sites (N-methyl/N-ethyl adjacent to an activating group) is 1. The van der Waals surface area contributed by atoms with Crippen molar-refractivity contribution in [3.63, 3.8) is 0 Å². The summed E-state index contributed by atoms with van der Waals surface area (Å²) in [5.41, 5.74) is 1.11. The number of nitrogens with zero attached hydrogens (tertiary/aromatic N) is 3. The average Bonchev–Trinajstić information content (AvgIpc) is 3.26. The van der Waals surface area contributed by atoms with Crippen LogP contribution in [0.2, 0.25) is 0 Å². The number of rotatable bonds is 4. The minimum Gasteiger partial charge on any atom is -0.454 e. The summed E-state index contributed by atoms with van der Waals surface area (Å²) in [6.07, 6.45) is 1.42. The standard InChI is InChI=1S/C24H35N3O6/c1-25-6-8-26(9-7-25)24(29)11-19-3-4-20-23(33-19)15-30-14-18(28)13-27(20)12-17-2-5-21-22(10-17)32-16-31-21/h2,5,10,18-20,23,28H,3-4,6-9,11-16H2,1H3/t18-,19-,20-,23+/m1/s1. The number of hydrogen-bond acceptors (Lipinski definition) is 8. The summed E-state index contributed by atoms with van der Waals surface area (Å²) in [5, 5.41) is 10.4. The van der Waals surface area contributed by atoms with Crippen LogP contribution in [0.1, 0.15) is 24.8 Å². The molecule has 4 heterocycles. The zero-order valence-electron chi connectivity index (χ0n) is 19.4. The molecule has 0 aliphatic carbocycles. The largest absolute Gasteiger partial charge is 0.454 e. The molecule has 1 amide bonds. The van der Waals surface area contributed by atoms with Crippen molar-refractivity contribution in [2.45, 2.75) is 50.2 Å². The molecule has 4 aliphatic rings. The third-order valence-electron chi connectivity index (χ3n) is 7.17. The number of ether oxygens (including phenoxy) is 4. The number of carbonyl (C=O) groups is 1. The fourth-order valence-corrected chi connectivity index (χ4v) is 5.28. The topological polar surface area (TPSA) is 83.9 Å². The Morgan fingerprint density at radius 2 is 1.91 bits per heavy atom. The smallest absolute Gasteiger partial charge is 0.231 e. The summed E-state index contributed by atoms with van der Waals surface area (Å²) in [7, 11) is 2.09. The third kappa shape index (κ3) is 5.44. The van der Waals surface area contributed by atoms with Gasteiger partial charge in [-0.25, -0.2) is 0 Å². The predicted octanol–water partition coefficient (Wildman–Crippen LogP) is 0.689. The first-order valence-electron chi connectivity index (χ1n) is 12.1. The van der Waals surface area contributed by atoms with E-state index in [4.69, 9.17) is 18.9 Å². The number of benzene rings is 1. The molecule has 0 unspecified atom stereocenters. The molecule has 1 N–H and O–H groups in total. The summed E-state index contributed by atoms with van der Waals surface area (Å²) < 4.78 is 23.2. The minimum absolute atomic E-state index is 0.0845. The molecule has 0 bridgehead atoms. The summed E-state index contributed by atoms with van der Waals surface area (Å²) in [4.78, 5) is 19.3. The van der Waals surface area contributed by atoms with Crippen LogP contribution in [-0.2, 0) is 20.8 Å². The molecule has 5 rings (SSSR count). The zero-order chi connectivity index (χ0) is 22.8. The SMILES string of the molecule is CN1CCN(C(=O)C[C@H]2CC[C@@H]3[C@H](COC[C@H](O)CN3Cc3ccc4c(c3)OCO4)O2)CC1. The molecule has 182 valence electrons. The number of aliphatic hydroxyl groups is 1. The molecular formula is C24H35N3O6. The second kappa shape index (κ2) is 10.1. The lowest BCUT2D eigenvalue weighted by Gasteiger charge is -2.45. The van der Waals surface area contributed by atoms with E-state index in [1.54, 1.807) is 0 Å². The van der Waals surface area contributed by atoms with E-state index in [0.29, 0.717) is 26.1 Å². The quantitative estimate of drug-likeness (QED) is 0.701. The molecule has 33 heavy (non-hydrogen) atoms. The number of piperazine rings is 1. The first kappa shape index (κ1) is 22.9. The van der Waals surface area contributed by atoms with Crippen molar-refractivity contribution in [1.82, 2.24) is 14.7 Å². The summed E-state index contributed by atoms with van der Waals surface area (Å²) in [6.45, 7) is 5.60. The maximum absolute atomic E-state index is 12.8. The lowest BCUT2D eigenvalue weighted by molar-refractivity contribution is -0.161. The van der Waals surface area contributed by atoms with Crippen molar-refractivity contribution in [3.05, 3.63) is 23.8 Å². The van der Waals surface area contributed by atoms with Gasteiger partial charge in [-0.1, -0.05) is 6.07 Å². The first-order valence-corrected chi connectivity index (χ1v) is 12.1. The molecule has 9 nitrogen and oxygen atoms in total. The third-order valence-corrected chi connectivity index (χ3v) is 7.17. The van der Waals surface area contributed by atoms with Crippen LogP contribution >= 0.6 is 0 Å². The molecule has 0 aromatic heterocycles. The number of fused-ring (bicyclic) bond motifs is 2. The van der Waals surface area contributed by atoms with Gasteiger partial charge in [0.25, 0.3) is 0 Å². The van der Waals surface area contributed by atoms with Gasteiger partial charge in [0.15, 0.2) is 11.5 Å². The van der Waals surface area contributed by atoms with Gasteiger partial charge in [0.05, 0.1) is 37.9 Å². The van der Waals surface area contributed by atoms with Crippen LogP contribution < -0.4 is 9.47 Å². The Balaban J connectivity index is 1.23. The zero-order valence-corrected chi connectivity index (χ0v) is 19.4. The van der Waals surface area contributed by atoms with E-state index in [1.165, 1.54) is 0 Å². The molecule has 0 spiro atoms. The van der Waals surface area contributed by atoms with Crippen molar-refractivity contribution in [1.29, 1.82) is 0 Å². The Hall–Kier alpha value is -1.91. The van der Waals surface area contributed by atoms with Crippen LogP contribution in [0.15, 0.2) is 18.2 Å². The van der Waals surface area contributed by atoms with E-state index in [1.807, 2.05) is 23.1 Å². The molecule has 3 saturated heterocycles. The molecule has 0 radical (unpaired) electrons. The Labute approximate surface area is 195 Å². The second-order valence-electron chi connectivity index (χ2n) is 9.64. The van der Waals surface area contributed by atoms with Crippen molar-refractivity contribution in [3.8, 4) is 11.5 Å². The van der Waals surface area contributed by atoms with E-state index >= 15 is 0 Å². The van der Waals surface area contributed by atoms with Crippen LogP contribution in [0, 0.1) is 0 Å². The lowest BCUT2D eigenvalue weighted by Crippen LogP contribution is -2.55. The molecular weight excluding hydrogens is 426 g/mol. The number of amides is 1. The van der Waals surface area contributed by atoms with E-state index < -0.39 is 6.10 Å². The molecule has 1 aromatic carbocycles. The molecule has 1 aromatic rings. The number of aliphatic hydroxyl groups excluding tert-OH is 1. The van der Waals surface area contributed by atoms with Gasteiger partial charge in [-0.15, -0.1) is 0 Å². The minimum atomic E-state index is -0.545. The van der Waals surface area contributed by atoms with Crippen molar-refractivity contribution < 1.29 is 28.8 Å². The molecule has 3 fully saturated rings. The van der Waals surface area contributed by atoms with Gasteiger partial charge in [-0.3, -0.25) is 9.69 Å². The summed E-state index contributed by atoms with van der Waals surface area (Å²) in [6, 6.07) is 6.13. The predicted molar refractivity (Wildman–Crippen MR) is 120 cm³/mol. The van der Waals surface area contributed by atoms with Gasteiger partial charge in [-0.05, 0) is 37.6 Å². The Bertz CT molecular complexity index is 830. The molecule has 4 atom stereocenters. The van der Waals surface area contributed by atoms with Crippen LogP contribution in [0.3, 0.4) is 0 Å². The Kier molecular flexibility index (Phi) is 7.03. The average molecular weight is 462 g/mol. The highest BCUT2D eigenvalue weighted by Crippen LogP contribution is 2.34. The van der Waals surface area contributed by atoms with Crippen molar-refractivity contribution >= 4 is 5.91 Å². The van der Waals surface area contributed by atoms with Gasteiger partial charge in [-0.2, -0.15) is 0 Å². The Morgan fingerprint density at radius 1 is 1.09 bits per heavy atom.